The molecule has 31 heavy (non-hydrogen) atoms. The number of hydrogen-bond acceptors (Lipinski definition) is 9. The molecule has 2 aliphatic rings. The molecular formula is C16H17ClN8O4S2. The van der Waals surface area contributed by atoms with Gasteiger partial charge in [0.15, 0.2) is 0 Å². The van der Waals surface area contributed by atoms with Crippen LogP contribution in [0.1, 0.15) is 5.69 Å². The molecule has 1 saturated heterocycles. The first-order chi connectivity index (χ1) is 14.8. The van der Waals surface area contributed by atoms with Gasteiger partial charge in [0.1, 0.15) is 23.7 Å². The molecule has 2 aromatic rings. The minimum Gasteiger partial charge on any atom is -0.477 e. The molecule has 0 radical (unpaired) electrons. The van der Waals surface area contributed by atoms with Crippen molar-refractivity contribution in [3.63, 3.8) is 0 Å². The summed E-state index contributed by atoms with van der Waals surface area (Å²) in [4.78, 5) is 38.3. The molecule has 12 nitrogen and oxygen atoms in total. The summed E-state index contributed by atoms with van der Waals surface area (Å²) < 4.78 is 2.92. The lowest BCUT2D eigenvalue weighted by molar-refractivity contribution is -0.150. The standard InChI is InChI=1S/C16H17ClN8O4S2/c1-7-9(17)3-18-24(7)4-10(26)19-11-13(27)25-12(15(28)29)8(5-30-14(11)25)6-31-16-20-21-22-23(16)2/h3,11,14H,4-6H2,1-2H3,(H,19,26)(H,28,29)/t11-,14-/m1/s1. The van der Waals surface area contributed by atoms with Crippen LogP contribution >= 0.6 is 35.1 Å². The van der Waals surface area contributed by atoms with Crippen molar-refractivity contribution in [2.75, 3.05) is 11.5 Å². The van der Waals surface area contributed by atoms with Crippen LogP contribution in [0.4, 0.5) is 0 Å². The number of aliphatic carboxylic acids is 1. The molecule has 2 aromatic heterocycles. The van der Waals surface area contributed by atoms with E-state index in [4.69, 9.17) is 11.6 Å². The van der Waals surface area contributed by atoms with Crippen molar-refractivity contribution in [1.29, 1.82) is 0 Å². The Balaban J connectivity index is 1.44. The molecule has 4 rings (SSSR count). The minimum atomic E-state index is -1.18. The predicted molar refractivity (Wildman–Crippen MR) is 111 cm³/mol. The number of nitrogens with one attached hydrogen (secondary N) is 1. The molecule has 2 amide bonds. The number of rotatable bonds is 7. The van der Waals surface area contributed by atoms with Crippen LogP contribution in [0.5, 0.6) is 0 Å². The number of hydrogen-bond donors (Lipinski definition) is 2. The van der Waals surface area contributed by atoms with E-state index in [9.17, 15) is 19.5 Å². The Hall–Kier alpha value is -2.58. The zero-order chi connectivity index (χ0) is 22.3. The molecule has 0 bridgehead atoms. The van der Waals surface area contributed by atoms with Crippen molar-refractivity contribution in [1.82, 2.24) is 40.2 Å². The third kappa shape index (κ3) is 4.02. The van der Waals surface area contributed by atoms with Crippen LogP contribution in [0.2, 0.25) is 5.02 Å². The number of thioether (sulfide) groups is 2. The minimum absolute atomic E-state index is 0.0448. The third-order valence-corrected chi connectivity index (χ3v) is 7.67. The van der Waals surface area contributed by atoms with Crippen molar-refractivity contribution < 1.29 is 19.5 Å². The first-order valence-electron chi connectivity index (χ1n) is 9.00. The van der Waals surface area contributed by atoms with Crippen LogP contribution < -0.4 is 5.32 Å². The number of tetrazole rings is 1. The second kappa shape index (κ2) is 8.51. The summed E-state index contributed by atoms with van der Waals surface area (Å²) in [7, 11) is 1.69. The van der Waals surface area contributed by atoms with Crippen molar-refractivity contribution in [3.05, 3.63) is 28.2 Å². The fourth-order valence-electron chi connectivity index (χ4n) is 3.23. The maximum Gasteiger partial charge on any atom is 0.352 e. The summed E-state index contributed by atoms with van der Waals surface area (Å²) in [5, 5.41) is 28.1. The van der Waals surface area contributed by atoms with E-state index in [1.54, 1.807) is 14.0 Å². The van der Waals surface area contributed by atoms with Gasteiger partial charge in [-0.05, 0) is 22.9 Å². The topological polar surface area (TPSA) is 148 Å². The zero-order valence-electron chi connectivity index (χ0n) is 16.4. The van der Waals surface area contributed by atoms with Gasteiger partial charge < -0.3 is 10.4 Å². The zero-order valence-corrected chi connectivity index (χ0v) is 18.7. The number of aryl methyl sites for hydroxylation is 1. The van der Waals surface area contributed by atoms with Crippen LogP contribution in [0, 0.1) is 6.92 Å². The van der Waals surface area contributed by atoms with Crippen LogP contribution in [-0.2, 0) is 28.0 Å². The van der Waals surface area contributed by atoms with Gasteiger partial charge in [-0.3, -0.25) is 19.2 Å². The van der Waals surface area contributed by atoms with E-state index in [2.05, 4.69) is 25.9 Å². The summed E-state index contributed by atoms with van der Waals surface area (Å²) in [5.74, 6) is -1.30. The average Bonchev–Trinajstić information content (AvgIpc) is 3.29. The van der Waals surface area contributed by atoms with Gasteiger partial charge in [0.2, 0.25) is 11.1 Å². The Morgan fingerprint density at radius 3 is 2.84 bits per heavy atom. The number of carboxylic acids is 1. The first kappa shape index (κ1) is 21.6. The highest BCUT2D eigenvalue weighted by atomic mass is 35.5. The Kier molecular flexibility index (Phi) is 5.94. The van der Waals surface area contributed by atoms with Gasteiger partial charge in [-0.15, -0.1) is 16.9 Å². The van der Waals surface area contributed by atoms with E-state index in [1.165, 1.54) is 44.0 Å². The summed E-state index contributed by atoms with van der Waals surface area (Å²) in [6.07, 6.45) is 1.44. The fourth-order valence-corrected chi connectivity index (χ4v) is 5.70. The maximum atomic E-state index is 12.7. The highest BCUT2D eigenvalue weighted by molar-refractivity contribution is 8.01. The number of nitrogens with zero attached hydrogens (tertiary/aromatic N) is 7. The van der Waals surface area contributed by atoms with E-state index >= 15 is 0 Å². The predicted octanol–water partition coefficient (Wildman–Crippen LogP) is -0.101. The van der Waals surface area contributed by atoms with Gasteiger partial charge in [-0.1, -0.05) is 23.4 Å². The van der Waals surface area contributed by atoms with Gasteiger partial charge in [0.25, 0.3) is 5.91 Å². The van der Waals surface area contributed by atoms with Gasteiger partial charge in [-0.25, -0.2) is 9.48 Å². The lowest BCUT2D eigenvalue weighted by Gasteiger charge is -2.49. The van der Waals surface area contributed by atoms with E-state index in [0.29, 0.717) is 33.0 Å². The maximum absolute atomic E-state index is 12.7. The molecule has 0 unspecified atom stereocenters. The molecule has 2 N–H and O–H groups in total. The Morgan fingerprint density at radius 2 is 2.23 bits per heavy atom. The highest BCUT2D eigenvalue weighted by Crippen LogP contribution is 2.41. The van der Waals surface area contributed by atoms with Crippen LogP contribution in [0.15, 0.2) is 22.6 Å². The Bertz CT molecular complexity index is 1100. The number of aromatic nitrogens is 6. The number of fused-ring (bicyclic) bond motifs is 1. The second-order valence-corrected chi connectivity index (χ2v) is 9.28. The molecule has 0 aliphatic carbocycles. The monoisotopic (exact) mass is 484 g/mol. The molecule has 164 valence electrons. The number of amides is 2. The van der Waals surface area contributed by atoms with Crippen LogP contribution in [0.3, 0.4) is 0 Å². The summed E-state index contributed by atoms with van der Waals surface area (Å²) >= 11 is 8.64. The van der Waals surface area contributed by atoms with E-state index in [0.717, 1.165) is 0 Å². The van der Waals surface area contributed by atoms with E-state index in [-0.39, 0.29) is 12.2 Å². The number of carboxylic acid groups (broad SMARTS) is 1. The fraction of sp³-hybridized carbons (Fsp3) is 0.438. The molecule has 4 heterocycles. The molecule has 2 atom stereocenters. The molecule has 0 spiro atoms. The Labute approximate surface area is 189 Å². The molecule has 1 fully saturated rings. The second-order valence-electron chi connectivity index (χ2n) is 6.82. The van der Waals surface area contributed by atoms with Gasteiger partial charge in [0.05, 0.1) is 16.9 Å². The van der Waals surface area contributed by atoms with Gasteiger partial charge >= 0.3 is 5.97 Å². The molecule has 0 saturated carbocycles. The van der Waals surface area contributed by atoms with E-state index in [1.807, 2.05) is 0 Å². The van der Waals surface area contributed by atoms with Crippen molar-refractivity contribution in [3.8, 4) is 0 Å². The summed E-state index contributed by atoms with van der Waals surface area (Å²) in [5.41, 5.74) is 1.19. The molecule has 0 aromatic carbocycles. The van der Waals surface area contributed by atoms with Crippen molar-refractivity contribution in [2.24, 2.45) is 7.05 Å². The highest BCUT2D eigenvalue weighted by Gasteiger charge is 2.54. The third-order valence-electron chi connectivity index (χ3n) is 4.86. The average molecular weight is 485 g/mol. The number of β-lactam (4-membered cyclic amide) rings is 1. The van der Waals surface area contributed by atoms with Crippen LogP contribution in [0.25, 0.3) is 0 Å². The number of halogens is 1. The number of carbonyl (C=O) groups excluding carboxylic acids is 2. The van der Waals surface area contributed by atoms with E-state index < -0.39 is 29.2 Å². The van der Waals surface area contributed by atoms with Crippen LogP contribution in [-0.4, -0.2) is 80.7 Å². The largest absolute Gasteiger partial charge is 0.477 e. The normalized spacial score (nSPS) is 20.5. The quantitative estimate of drug-likeness (QED) is 0.403. The first-order valence-corrected chi connectivity index (χ1v) is 11.4. The summed E-state index contributed by atoms with van der Waals surface area (Å²) in [6, 6.07) is -0.796. The van der Waals surface area contributed by atoms with Gasteiger partial charge in [-0.2, -0.15) is 5.10 Å². The van der Waals surface area contributed by atoms with Gasteiger partial charge in [0, 0.05) is 18.6 Å². The smallest absolute Gasteiger partial charge is 0.352 e. The Morgan fingerprint density at radius 1 is 1.45 bits per heavy atom. The summed E-state index contributed by atoms with van der Waals surface area (Å²) in [6.45, 7) is 1.64. The number of carbonyl (C=O) groups is 3. The van der Waals surface area contributed by atoms with Crippen molar-refractivity contribution in [2.45, 2.75) is 30.0 Å². The SMILES string of the molecule is Cc1c(Cl)cnn1CC(=O)N[C@@H]1C(=O)N2C(C(=O)O)=C(CSc3nnnn3C)CS[C@H]12. The lowest BCUT2D eigenvalue weighted by atomic mass is 10.0. The molecular weight excluding hydrogens is 468 g/mol. The lowest BCUT2D eigenvalue weighted by Crippen LogP contribution is -2.70. The van der Waals surface area contributed by atoms with Crippen molar-refractivity contribution >= 4 is 52.9 Å². The molecule has 15 heteroatoms. The molecule has 2 aliphatic heterocycles.